The van der Waals surface area contributed by atoms with Crippen LogP contribution in [0.4, 0.5) is 0 Å². The fourth-order valence-corrected chi connectivity index (χ4v) is 1.72. The van der Waals surface area contributed by atoms with Gasteiger partial charge >= 0.3 is 0 Å². The van der Waals surface area contributed by atoms with Crippen LogP contribution in [-0.4, -0.2) is 57.4 Å². The Morgan fingerprint density at radius 1 is 1.17 bits per heavy atom. The van der Waals surface area contributed by atoms with E-state index < -0.39 is 0 Å². The molecule has 0 aromatic carbocycles. The molecule has 2 N–H and O–H groups in total. The van der Waals surface area contributed by atoms with Gasteiger partial charge in [-0.15, -0.1) is 0 Å². The van der Waals surface area contributed by atoms with Crippen molar-refractivity contribution in [1.29, 1.82) is 0 Å². The third-order valence-electron chi connectivity index (χ3n) is 2.84. The van der Waals surface area contributed by atoms with Gasteiger partial charge in [0.05, 0.1) is 12.6 Å². The number of rotatable bonds is 11. The summed E-state index contributed by atoms with van der Waals surface area (Å²) >= 11 is 0. The van der Waals surface area contributed by atoms with Crippen LogP contribution in [0.15, 0.2) is 0 Å². The highest BCUT2D eigenvalue weighted by Crippen LogP contribution is 2.04. The molecule has 0 aliphatic carbocycles. The monoisotopic (exact) mass is 260 g/mol. The predicted octanol–water partition coefficient (Wildman–Crippen LogP) is 1.02. The number of nitrogens with two attached hydrogens (primary N) is 1. The zero-order valence-electron chi connectivity index (χ0n) is 12.0. The molecule has 0 saturated heterocycles. The Bertz CT molecular complexity index is 212. The zero-order chi connectivity index (χ0) is 13.8. The minimum Gasteiger partial charge on any atom is -0.385 e. The highest BCUT2D eigenvalue weighted by Gasteiger charge is 2.19. The Labute approximate surface area is 111 Å². The summed E-state index contributed by atoms with van der Waals surface area (Å²) in [5, 5.41) is 0. The average Bonchev–Trinajstić information content (AvgIpc) is 2.39. The Hall–Kier alpha value is -0.650. The lowest BCUT2D eigenvalue weighted by molar-refractivity contribution is -0.133. The molecule has 18 heavy (non-hydrogen) atoms. The van der Waals surface area contributed by atoms with Gasteiger partial charge in [-0.2, -0.15) is 0 Å². The lowest BCUT2D eigenvalue weighted by Gasteiger charge is -2.25. The maximum absolute atomic E-state index is 12.2. The van der Waals surface area contributed by atoms with Gasteiger partial charge in [0, 0.05) is 33.9 Å². The lowest BCUT2D eigenvalue weighted by atomic mass is 10.1. The van der Waals surface area contributed by atoms with Crippen molar-refractivity contribution in [3.05, 3.63) is 0 Å². The van der Waals surface area contributed by atoms with Crippen LogP contribution >= 0.6 is 0 Å². The van der Waals surface area contributed by atoms with Gasteiger partial charge in [0.2, 0.25) is 5.91 Å². The summed E-state index contributed by atoms with van der Waals surface area (Å²) in [6.07, 6.45) is 3.63. The molecule has 0 radical (unpaired) electrons. The van der Waals surface area contributed by atoms with E-state index in [-0.39, 0.29) is 11.9 Å². The third kappa shape index (κ3) is 7.63. The van der Waals surface area contributed by atoms with Gasteiger partial charge in [-0.3, -0.25) is 4.79 Å². The van der Waals surface area contributed by atoms with Gasteiger partial charge in [0.1, 0.15) is 0 Å². The summed E-state index contributed by atoms with van der Waals surface area (Å²) in [6, 6.07) is -0.385. The van der Waals surface area contributed by atoms with E-state index in [1.54, 1.807) is 19.1 Å². The van der Waals surface area contributed by atoms with E-state index in [2.05, 4.69) is 6.92 Å². The molecule has 1 amide bonds. The predicted molar refractivity (Wildman–Crippen MR) is 72.4 cm³/mol. The maximum atomic E-state index is 12.2. The Morgan fingerprint density at radius 3 is 2.39 bits per heavy atom. The quantitative estimate of drug-likeness (QED) is 0.563. The molecular weight excluding hydrogens is 232 g/mol. The number of carbonyl (C=O) groups excluding carboxylic acids is 1. The van der Waals surface area contributed by atoms with E-state index >= 15 is 0 Å². The first-order valence-corrected chi connectivity index (χ1v) is 6.69. The van der Waals surface area contributed by atoms with Gasteiger partial charge in [-0.05, 0) is 12.8 Å². The van der Waals surface area contributed by atoms with Crippen LogP contribution in [0, 0.1) is 0 Å². The van der Waals surface area contributed by atoms with E-state index in [0.717, 1.165) is 25.7 Å². The molecule has 1 unspecified atom stereocenters. The molecule has 0 spiro atoms. The minimum absolute atomic E-state index is 0.0246. The lowest BCUT2D eigenvalue weighted by Crippen LogP contribution is -2.45. The van der Waals surface area contributed by atoms with Crippen molar-refractivity contribution >= 4 is 5.91 Å². The van der Waals surface area contributed by atoms with E-state index in [1.165, 1.54) is 0 Å². The van der Waals surface area contributed by atoms with Crippen LogP contribution < -0.4 is 5.73 Å². The zero-order valence-corrected chi connectivity index (χ0v) is 12.0. The second kappa shape index (κ2) is 11.4. The van der Waals surface area contributed by atoms with Crippen molar-refractivity contribution in [2.24, 2.45) is 5.73 Å². The van der Waals surface area contributed by atoms with Crippen molar-refractivity contribution < 1.29 is 14.3 Å². The fourth-order valence-electron chi connectivity index (χ4n) is 1.72. The molecule has 0 bridgehead atoms. The molecule has 0 rings (SSSR count). The van der Waals surface area contributed by atoms with Gasteiger partial charge in [0.25, 0.3) is 0 Å². The second-order valence-electron chi connectivity index (χ2n) is 4.41. The molecule has 1 atom stereocenters. The SMILES string of the molecule is CCCCC(N)C(=O)N(CCCOC)CCOC. The standard InChI is InChI=1S/C13H28N2O3/c1-4-5-7-12(14)13(16)15(9-11-18-3)8-6-10-17-2/h12H,4-11,14H2,1-3H3. The molecule has 5 nitrogen and oxygen atoms in total. The maximum Gasteiger partial charge on any atom is 0.239 e. The Kier molecular flexibility index (Phi) is 11.0. The number of amides is 1. The molecule has 108 valence electrons. The number of ether oxygens (including phenoxy) is 2. The first kappa shape index (κ1) is 17.4. The summed E-state index contributed by atoms with van der Waals surface area (Å²) in [6.45, 7) is 4.56. The number of nitrogens with zero attached hydrogens (tertiary/aromatic N) is 1. The van der Waals surface area contributed by atoms with Crippen LogP contribution in [0.2, 0.25) is 0 Å². The Balaban J connectivity index is 4.19. The van der Waals surface area contributed by atoms with Crippen molar-refractivity contribution in [3.63, 3.8) is 0 Å². The minimum atomic E-state index is -0.385. The molecule has 0 heterocycles. The van der Waals surface area contributed by atoms with E-state index in [0.29, 0.717) is 26.3 Å². The molecule has 0 aromatic rings. The number of unbranched alkanes of at least 4 members (excludes halogenated alkanes) is 1. The fraction of sp³-hybridized carbons (Fsp3) is 0.923. The molecule has 0 saturated carbocycles. The number of hydrogen-bond acceptors (Lipinski definition) is 4. The summed E-state index contributed by atoms with van der Waals surface area (Å²) in [4.78, 5) is 13.9. The summed E-state index contributed by atoms with van der Waals surface area (Å²) < 4.78 is 10.0. The van der Waals surface area contributed by atoms with Gasteiger partial charge in [-0.1, -0.05) is 19.8 Å². The van der Waals surface area contributed by atoms with Crippen LogP contribution in [-0.2, 0) is 14.3 Å². The highest BCUT2D eigenvalue weighted by molar-refractivity contribution is 5.81. The van der Waals surface area contributed by atoms with Crippen LogP contribution in [0.25, 0.3) is 0 Å². The van der Waals surface area contributed by atoms with Gasteiger partial charge in [0.15, 0.2) is 0 Å². The number of methoxy groups -OCH3 is 2. The molecule has 5 heteroatoms. The van der Waals surface area contributed by atoms with E-state index in [1.807, 2.05) is 0 Å². The highest BCUT2D eigenvalue weighted by atomic mass is 16.5. The van der Waals surface area contributed by atoms with E-state index in [4.69, 9.17) is 15.2 Å². The smallest absolute Gasteiger partial charge is 0.239 e. The van der Waals surface area contributed by atoms with Crippen molar-refractivity contribution in [2.75, 3.05) is 40.5 Å². The van der Waals surface area contributed by atoms with Gasteiger partial charge in [-0.25, -0.2) is 0 Å². The second-order valence-corrected chi connectivity index (χ2v) is 4.41. The molecule has 0 aliphatic heterocycles. The van der Waals surface area contributed by atoms with Crippen molar-refractivity contribution in [3.8, 4) is 0 Å². The Morgan fingerprint density at radius 2 is 1.83 bits per heavy atom. The largest absolute Gasteiger partial charge is 0.385 e. The summed E-state index contributed by atoms with van der Waals surface area (Å²) in [5.74, 6) is 0.0246. The normalized spacial score (nSPS) is 12.4. The molecule has 0 aromatic heterocycles. The summed E-state index contributed by atoms with van der Waals surface area (Å²) in [7, 11) is 3.29. The summed E-state index contributed by atoms with van der Waals surface area (Å²) in [5.41, 5.74) is 5.92. The van der Waals surface area contributed by atoms with Crippen LogP contribution in [0.1, 0.15) is 32.6 Å². The third-order valence-corrected chi connectivity index (χ3v) is 2.84. The van der Waals surface area contributed by atoms with E-state index in [9.17, 15) is 4.79 Å². The molecular formula is C13H28N2O3. The number of carbonyl (C=O) groups is 1. The topological polar surface area (TPSA) is 64.8 Å². The molecule has 0 aliphatic rings. The number of hydrogen-bond donors (Lipinski definition) is 1. The van der Waals surface area contributed by atoms with Crippen LogP contribution in [0.5, 0.6) is 0 Å². The van der Waals surface area contributed by atoms with Gasteiger partial charge < -0.3 is 20.1 Å². The molecule has 0 fully saturated rings. The van der Waals surface area contributed by atoms with Crippen molar-refractivity contribution in [1.82, 2.24) is 4.90 Å². The first-order chi connectivity index (χ1) is 8.67. The average molecular weight is 260 g/mol. The van der Waals surface area contributed by atoms with Crippen molar-refractivity contribution in [2.45, 2.75) is 38.6 Å². The van der Waals surface area contributed by atoms with Crippen LogP contribution in [0.3, 0.4) is 0 Å². The first-order valence-electron chi connectivity index (χ1n) is 6.69.